The Balaban J connectivity index is 2.23. The predicted molar refractivity (Wildman–Crippen MR) is 80.2 cm³/mol. The van der Waals surface area contributed by atoms with Crippen LogP contribution in [-0.4, -0.2) is 10.8 Å². The summed E-state index contributed by atoms with van der Waals surface area (Å²) in [5.74, 6) is -0.428. The molecule has 5 nitrogen and oxygen atoms in total. The second kappa shape index (κ2) is 6.02. The molecule has 1 amide bonds. The maximum atomic E-state index is 12.0. The van der Waals surface area contributed by atoms with Crippen LogP contribution in [0.15, 0.2) is 46.9 Å². The molecule has 0 aliphatic heterocycles. The lowest BCUT2D eigenvalue weighted by molar-refractivity contribution is -0.385. The van der Waals surface area contributed by atoms with Gasteiger partial charge in [0.05, 0.1) is 9.40 Å². The molecule has 0 saturated heterocycles. The van der Waals surface area contributed by atoms with Crippen molar-refractivity contribution in [1.82, 2.24) is 0 Å². The Bertz CT molecular complexity index is 674. The molecule has 0 aromatic heterocycles. The largest absolute Gasteiger partial charge is 0.322 e. The molecule has 102 valence electrons. The first kappa shape index (κ1) is 14.5. The molecule has 1 N–H and O–H groups in total. The van der Waals surface area contributed by atoms with Crippen molar-refractivity contribution in [1.29, 1.82) is 0 Å². The molecule has 0 spiro atoms. The number of halogens is 2. The Kier molecular flexibility index (Phi) is 4.36. The van der Waals surface area contributed by atoms with Crippen molar-refractivity contribution in [2.24, 2.45) is 0 Å². The first-order valence-corrected chi connectivity index (χ1v) is 6.65. The van der Waals surface area contributed by atoms with Crippen molar-refractivity contribution < 1.29 is 9.72 Å². The number of carbonyl (C=O) groups excluding carboxylic acids is 1. The highest BCUT2D eigenvalue weighted by atomic mass is 79.9. The minimum absolute atomic E-state index is 0.159. The third kappa shape index (κ3) is 3.34. The van der Waals surface area contributed by atoms with Gasteiger partial charge in [-0.15, -0.1) is 0 Å². The molecule has 20 heavy (non-hydrogen) atoms. The molecule has 2 aromatic carbocycles. The van der Waals surface area contributed by atoms with Crippen molar-refractivity contribution >= 4 is 44.8 Å². The number of nitrogens with zero attached hydrogens (tertiary/aromatic N) is 1. The van der Waals surface area contributed by atoms with E-state index in [1.54, 1.807) is 24.3 Å². The number of hydrogen-bond acceptors (Lipinski definition) is 3. The van der Waals surface area contributed by atoms with Gasteiger partial charge < -0.3 is 5.32 Å². The molecule has 0 atom stereocenters. The molecular formula is C13H8BrClN2O3. The maximum Gasteiger partial charge on any atom is 0.284 e. The van der Waals surface area contributed by atoms with Crippen LogP contribution in [0.25, 0.3) is 0 Å². The number of amides is 1. The third-order valence-electron chi connectivity index (χ3n) is 2.51. The van der Waals surface area contributed by atoms with E-state index < -0.39 is 10.8 Å². The Morgan fingerprint density at radius 3 is 2.45 bits per heavy atom. The summed E-state index contributed by atoms with van der Waals surface area (Å²) >= 11 is 8.81. The number of benzene rings is 2. The molecular weight excluding hydrogens is 348 g/mol. The van der Waals surface area contributed by atoms with Crippen LogP contribution >= 0.6 is 27.5 Å². The van der Waals surface area contributed by atoms with E-state index in [9.17, 15) is 14.9 Å². The fourth-order valence-electron chi connectivity index (χ4n) is 1.53. The van der Waals surface area contributed by atoms with Crippen LogP contribution in [-0.2, 0) is 0 Å². The van der Waals surface area contributed by atoms with Crippen LogP contribution in [0.5, 0.6) is 0 Å². The minimum atomic E-state index is -0.552. The highest BCUT2D eigenvalue weighted by Gasteiger charge is 2.16. The van der Waals surface area contributed by atoms with Gasteiger partial charge in [-0.05, 0) is 52.3 Å². The van der Waals surface area contributed by atoms with Crippen LogP contribution in [0.1, 0.15) is 10.4 Å². The first-order valence-electron chi connectivity index (χ1n) is 5.48. The van der Waals surface area contributed by atoms with E-state index in [1.807, 2.05) is 0 Å². The molecule has 7 heteroatoms. The van der Waals surface area contributed by atoms with Crippen LogP contribution in [0.2, 0.25) is 5.02 Å². The van der Waals surface area contributed by atoms with Gasteiger partial charge in [-0.1, -0.05) is 11.6 Å². The average Bonchev–Trinajstić information content (AvgIpc) is 2.41. The Morgan fingerprint density at radius 2 is 1.85 bits per heavy atom. The molecule has 0 aliphatic rings. The van der Waals surface area contributed by atoms with Gasteiger partial charge in [0.25, 0.3) is 11.6 Å². The number of rotatable bonds is 3. The Labute approximate surface area is 127 Å². The molecule has 0 radical (unpaired) electrons. The average molecular weight is 356 g/mol. The van der Waals surface area contributed by atoms with Gasteiger partial charge in [0.1, 0.15) is 0 Å². The predicted octanol–water partition coefficient (Wildman–Crippen LogP) is 4.26. The molecule has 2 aromatic rings. The summed E-state index contributed by atoms with van der Waals surface area (Å²) in [5.41, 5.74) is 0.605. The number of carbonyl (C=O) groups is 1. The van der Waals surface area contributed by atoms with E-state index in [2.05, 4.69) is 21.2 Å². The van der Waals surface area contributed by atoms with Crippen LogP contribution in [0, 0.1) is 10.1 Å². The summed E-state index contributed by atoms with van der Waals surface area (Å²) < 4.78 is 0.325. The van der Waals surface area contributed by atoms with Gasteiger partial charge in [0.15, 0.2) is 0 Å². The van der Waals surface area contributed by atoms with Gasteiger partial charge >= 0.3 is 0 Å². The fourth-order valence-corrected chi connectivity index (χ4v) is 2.05. The topological polar surface area (TPSA) is 72.2 Å². The highest BCUT2D eigenvalue weighted by molar-refractivity contribution is 9.10. The summed E-state index contributed by atoms with van der Waals surface area (Å²) in [4.78, 5) is 22.3. The van der Waals surface area contributed by atoms with Crippen molar-refractivity contribution in [2.75, 3.05) is 5.32 Å². The van der Waals surface area contributed by atoms with Crippen molar-refractivity contribution in [3.63, 3.8) is 0 Å². The number of anilines is 1. The Morgan fingerprint density at radius 1 is 1.20 bits per heavy atom. The SMILES string of the molecule is O=C(Nc1ccc(Cl)cc1)c1ccc(Br)c([N+](=O)[O-])c1. The van der Waals surface area contributed by atoms with Gasteiger partial charge in [0.2, 0.25) is 0 Å². The maximum absolute atomic E-state index is 12.0. The summed E-state index contributed by atoms with van der Waals surface area (Å²) in [6.07, 6.45) is 0. The molecule has 0 saturated carbocycles. The number of hydrogen-bond donors (Lipinski definition) is 1. The highest BCUT2D eigenvalue weighted by Crippen LogP contribution is 2.26. The summed E-state index contributed by atoms with van der Waals surface area (Å²) in [6.45, 7) is 0. The normalized spacial score (nSPS) is 10.1. The molecule has 0 bridgehead atoms. The lowest BCUT2D eigenvalue weighted by atomic mass is 10.2. The van der Waals surface area contributed by atoms with Crippen molar-refractivity contribution in [3.05, 3.63) is 67.6 Å². The Hall–Kier alpha value is -1.92. The molecule has 0 unspecified atom stereocenters. The molecule has 0 aliphatic carbocycles. The van der Waals surface area contributed by atoms with Crippen molar-refractivity contribution in [2.45, 2.75) is 0 Å². The van der Waals surface area contributed by atoms with Gasteiger partial charge in [-0.2, -0.15) is 0 Å². The van der Waals surface area contributed by atoms with E-state index in [0.717, 1.165) is 0 Å². The third-order valence-corrected chi connectivity index (χ3v) is 3.43. The van der Waals surface area contributed by atoms with E-state index in [0.29, 0.717) is 15.2 Å². The summed E-state index contributed by atoms with van der Waals surface area (Å²) in [6, 6.07) is 10.8. The lowest BCUT2D eigenvalue weighted by Gasteiger charge is -2.05. The van der Waals surface area contributed by atoms with Gasteiger partial charge in [-0.25, -0.2) is 0 Å². The van der Waals surface area contributed by atoms with Crippen LogP contribution in [0.3, 0.4) is 0 Å². The molecule has 0 fully saturated rings. The minimum Gasteiger partial charge on any atom is -0.322 e. The smallest absolute Gasteiger partial charge is 0.284 e. The van der Waals surface area contributed by atoms with Crippen LogP contribution in [0.4, 0.5) is 11.4 Å². The summed E-state index contributed by atoms with van der Waals surface area (Å²) in [5, 5.41) is 14.0. The van der Waals surface area contributed by atoms with E-state index >= 15 is 0 Å². The van der Waals surface area contributed by atoms with Crippen molar-refractivity contribution in [3.8, 4) is 0 Å². The fraction of sp³-hybridized carbons (Fsp3) is 0. The second-order valence-electron chi connectivity index (χ2n) is 3.88. The monoisotopic (exact) mass is 354 g/mol. The summed E-state index contributed by atoms with van der Waals surface area (Å²) in [7, 11) is 0. The van der Waals surface area contributed by atoms with Gasteiger partial charge in [0, 0.05) is 22.3 Å². The first-order chi connectivity index (χ1) is 9.47. The number of nitro groups is 1. The van der Waals surface area contributed by atoms with E-state index in [4.69, 9.17) is 11.6 Å². The van der Waals surface area contributed by atoms with Crippen LogP contribution < -0.4 is 5.32 Å². The number of nitro benzene ring substituents is 1. The van der Waals surface area contributed by atoms with Gasteiger partial charge in [-0.3, -0.25) is 14.9 Å². The lowest BCUT2D eigenvalue weighted by Crippen LogP contribution is -2.12. The molecule has 2 rings (SSSR count). The van der Waals surface area contributed by atoms with E-state index in [1.165, 1.54) is 18.2 Å². The number of nitrogens with one attached hydrogen (secondary N) is 1. The second-order valence-corrected chi connectivity index (χ2v) is 5.18. The quantitative estimate of drug-likeness (QED) is 0.660. The molecule has 0 heterocycles. The zero-order valence-electron chi connectivity index (χ0n) is 9.97. The standard InChI is InChI=1S/C13H8BrClN2O3/c14-11-6-1-8(7-12(11)17(19)20)13(18)16-10-4-2-9(15)3-5-10/h1-7H,(H,16,18). The van der Waals surface area contributed by atoms with E-state index in [-0.39, 0.29) is 11.3 Å². The zero-order valence-corrected chi connectivity index (χ0v) is 12.3. The zero-order chi connectivity index (χ0) is 14.7.